The Labute approximate surface area is 298 Å². The highest BCUT2D eigenvalue weighted by Crippen LogP contribution is 2.45. The molecule has 0 bridgehead atoms. The number of nitrogens with two attached hydrogens (primary N) is 1. The second-order valence-electron chi connectivity index (χ2n) is 14.4. The summed E-state index contributed by atoms with van der Waals surface area (Å²) in [7, 11) is 1.61. The van der Waals surface area contributed by atoms with E-state index in [4.69, 9.17) is 20.2 Å². The summed E-state index contributed by atoms with van der Waals surface area (Å²) in [5.74, 6) is -0.778. The van der Waals surface area contributed by atoms with Gasteiger partial charge in [0.25, 0.3) is 0 Å². The van der Waals surface area contributed by atoms with E-state index in [1.807, 2.05) is 65.6 Å². The highest BCUT2D eigenvalue weighted by atomic mass is 16.5. The number of amides is 4. The molecule has 268 valence electrons. The lowest BCUT2D eigenvalue weighted by Crippen LogP contribution is -2.55. The van der Waals surface area contributed by atoms with Gasteiger partial charge in [-0.15, -0.1) is 0 Å². The van der Waals surface area contributed by atoms with Gasteiger partial charge in [-0.1, -0.05) is 55.3 Å². The molecule has 5 atom stereocenters. The maximum absolute atomic E-state index is 14.6. The van der Waals surface area contributed by atoms with E-state index in [1.165, 1.54) is 0 Å². The topological polar surface area (TPSA) is 144 Å². The first-order chi connectivity index (χ1) is 24.8. The number of likely N-dealkylation sites (tertiary alicyclic amines) is 1. The molecule has 3 fully saturated rings. The summed E-state index contributed by atoms with van der Waals surface area (Å²) in [4.78, 5) is 63.3. The van der Waals surface area contributed by atoms with Crippen molar-refractivity contribution in [3.8, 4) is 22.8 Å². The number of hydrogen-bond acceptors (Lipinski definition) is 7. The Morgan fingerprint density at radius 2 is 1.82 bits per heavy atom. The molecule has 0 spiro atoms. The van der Waals surface area contributed by atoms with Crippen LogP contribution in [0.5, 0.6) is 11.5 Å². The van der Waals surface area contributed by atoms with Gasteiger partial charge in [0, 0.05) is 60.8 Å². The SMILES string of the molecule is COc1ccc2c(O[C@@H]3C[C@H]4C(=O)N[C@]5(C(N)=O)C[C@H]5C=CCCCCC[C@H](CC(=O)N5CCCC5)C(=O)N4C3)cc(-c3ccccc3)nc2c1. The van der Waals surface area contributed by atoms with E-state index in [2.05, 4.69) is 11.4 Å². The Morgan fingerprint density at radius 1 is 1.02 bits per heavy atom. The van der Waals surface area contributed by atoms with Crippen LogP contribution in [0.4, 0.5) is 0 Å². The summed E-state index contributed by atoms with van der Waals surface area (Å²) in [6.07, 6.45) is 10.2. The third-order valence-corrected chi connectivity index (χ3v) is 11.0. The van der Waals surface area contributed by atoms with Crippen LogP contribution in [-0.2, 0) is 19.2 Å². The van der Waals surface area contributed by atoms with Crippen LogP contribution in [0.25, 0.3) is 22.2 Å². The number of primary amides is 1. The summed E-state index contributed by atoms with van der Waals surface area (Å²) < 4.78 is 12.2. The molecule has 11 nitrogen and oxygen atoms in total. The van der Waals surface area contributed by atoms with E-state index in [0.29, 0.717) is 48.6 Å². The Bertz CT molecular complexity index is 1820. The van der Waals surface area contributed by atoms with Gasteiger partial charge in [0.05, 0.1) is 24.9 Å². The maximum Gasteiger partial charge on any atom is 0.243 e. The molecule has 0 unspecified atom stereocenters. The predicted molar refractivity (Wildman–Crippen MR) is 193 cm³/mol. The van der Waals surface area contributed by atoms with Crippen molar-refractivity contribution in [2.75, 3.05) is 26.7 Å². The zero-order valence-electron chi connectivity index (χ0n) is 29.2. The second-order valence-corrected chi connectivity index (χ2v) is 14.4. The van der Waals surface area contributed by atoms with Gasteiger partial charge in [-0.05, 0) is 50.7 Å². The van der Waals surface area contributed by atoms with Crippen molar-refractivity contribution in [2.24, 2.45) is 17.6 Å². The van der Waals surface area contributed by atoms with E-state index in [-0.39, 0.29) is 37.1 Å². The van der Waals surface area contributed by atoms with Gasteiger partial charge in [0.1, 0.15) is 29.2 Å². The highest BCUT2D eigenvalue weighted by molar-refractivity contribution is 5.97. The summed E-state index contributed by atoms with van der Waals surface area (Å²) in [5.41, 5.74) is 7.01. The molecular weight excluding hydrogens is 646 g/mol. The Balaban J connectivity index is 1.22. The number of pyridine rings is 1. The molecule has 0 radical (unpaired) electrons. The largest absolute Gasteiger partial charge is 0.497 e. The minimum absolute atomic E-state index is 0.0136. The van der Waals surface area contributed by atoms with E-state index >= 15 is 0 Å². The summed E-state index contributed by atoms with van der Waals surface area (Å²) >= 11 is 0. The number of nitrogens with zero attached hydrogens (tertiary/aromatic N) is 3. The van der Waals surface area contributed by atoms with Gasteiger partial charge in [-0.2, -0.15) is 0 Å². The van der Waals surface area contributed by atoms with E-state index in [1.54, 1.807) is 12.0 Å². The van der Waals surface area contributed by atoms with Crippen LogP contribution in [-0.4, -0.2) is 82.8 Å². The third-order valence-electron chi connectivity index (χ3n) is 11.0. The van der Waals surface area contributed by atoms with Gasteiger partial charge < -0.3 is 30.3 Å². The van der Waals surface area contributed by atoms with E-state index in [0.717, 1.165) is 49.5 Å². The molecule has 4 amide bonds. The van der Waals surface area contributed by atoms with Crippen LogP contribution < -0.4 is 20.5 Å². The number of ether oxygens (including phenoxy) is 2. The van der Waals surface area contributed by atoms with Crippen molar-refractivity contribution in [3.63, 3.8) is 0 Å². The molecule has 2 aromatic carbocycles. The van der Waals surface area contributed by atoms with Crippen molar-refractivity contribution in [2.45, 2.75) is 81.9 Å². The fourth-order valence-electron chi connectivity index (χ4n) is 7.97. The van der Waals surface area contributed by atoms with Gasteiger partial charge >= 0.3 is 0 Å². The molecule has 2 saturated heterocycles. The number of carbonyl (C=O) groups is 4. The molecule has 1 aliphatic carbocycles. The van der Waals surface area contributed by atoms with Gasteiger partial charge in [-0.25, -0.2) is 4.98 Å². The number of fused-ring (bicyclic) bond motifs is 3. The average Bonchev–Trinajstić information content (AvgIpc) is 3.44. The number of aromatic nitrogens is 1. The van der Waals surface area contributed by atoms with Crippen LogP contribution in [0.1, 0.15) is 64.2 Å². The van der Waals surface area contributed by atoms with Gasteiger partial charge in [-0.3, -0.25) is 19.2 Å². The minimum Gasteiger partial charge on any atom is -0.497 e. The first-order valence-corrected chi connectivity index (χ1v) is 18.3. The summed E-state index contributed by atoms with van der Waals surface area (Å²) in [5, 5.41) is 3.74. The van der Waals surface area contributed by atoms with Gasteiger partial charge in [0.2, 0.25) is 23.6 Å². The van der Waals surface area contributed by atoms with Crippen molar-refractivity contribution in [1.29, 1.82) is 0 Å². The lowest BCUT2D eigenvalue weighted by atomic mass is 9.94. The van der Waals surface area contributed by atoms with Crippen molar-refractivity contribution >= 4 is 34.5 Å². The number of nitrogens with one attached hydrogen (secondary N) is 1. The molecule has 4 heterocycles. The van der Waals surface area contributed by atoms with Crippen LogP contribution in [0.3, 0.4) is 0 Å². The van der Waals surface area contributed by atoms with Crippen LogP contribution in [0.15, 0.2) is 66.7 Å². The molecule has 4 aliphatic rings. The Hall–Kier alpha value is -4.93. The van der Waals surface area contributed by atoms with Crippen LogP contribution in [0, 0.1) is 11.8 Å². The van der Waals surface area contributed by atoms with Gasteiger partial charge in [0.15, 0.2) is 0 Å². The first-order valence-electron chi connectivity index (χ1n) is 18.3. The highest BCUT2D eigenvalue weighted by Gasteiger charge is 2.60. The van der Waals surface area contributed by atoms with Crippen molar-refractivity contribution < 1.29 is 28.7 Å². The molecule has 7 rings (SSSR count). The average molecular weight is 694 g/mol. The molecule has 1 saturated carbocycles. The summed E-state index contributed by atoms with van der Waals surface area (Å²) in [6, 6.07) is 16.4. The lowest BCUT2D eigenvalue weighted by Gasteiger charge is -2.29. The number of benzene rings is 2. The molecule has 11 heteroatoms. The molecule has 3 N–H and O–H groups in total. The fraction of sp³-hybridized carbons (Fsp3) is 0.475. The van der Waals surface area contributed by atoms with Crippen molar-refractivity contribution in [1.82, 2.24) is 20.1 Å². The zero-order valence-corrected chi connectivity index (χ0v) is 29.2. The maximum atomic E-state index is 14.6. The molecule has 51 heavy (non-hydrogen) atoms. The normalized spacial score (nSPS) is 26.8. The number of methoxy groups -OCH3 is 1. The quantitative estimate of drug-likeness (QED) is 0.340. The predicted octanol–water partition coefficient (Wildman–Crippen LogP) is 4.77. The monoisotopic (exact) mass is 693 g/mol. The number of allylic oxidation sites excluding steroid dienone is 1. The first kappa shape index (κ1) is 34.5. The van der Waals surface area contributed by atoms with Crippen molar-refractivity contribution in [3.05, 3.63) is 66.7 Å². The second kappa shape index (κ2) is 14.7. The zero-order chi connectivity index (χ0) is 35.5. The number of hydrogen-bond donors (Lipinski definition) is 2. The number of carbonyl (C=O) groups excluding carboxylic acids is 4. The Kier molecular flexibility index (Phi) is 9.97. The smallest absolute Gasteiger partial charge is 0.243 e. The summed E-state index contributed by atoms with van der Waals surface area (Å²) in [6.45, 7) is 1.58. The van der Waals surface area contributed by atoms with Crippen LogP contribution in [0.2, 0.25) is 0 Å². The molecule has 1 aromatic heterocycles. The third kappa shape index (κ3) is 7.29. The Morgan fingerprint density at radius 3 is 2.59 bits per heavy atom. The van der Waals surface area contributed by atoms with E-state index < -0.39 is 35.4 Å². The van der Waals surface area contributed by atoms with E-state index in [9.17, 15) is 19.2 Å². The minimum atomic E-state index is -1.18. The molecule has 3 aromatic rings. The number of rotatable bonds is 7. The molecule has 3 aliphatic heterocycles. The lowest BCUT2D eigenvalue weighted by molar-refractivity contribution is -0.145. The van der Waals surface area contributed by atoms with Crippen LogP contribution >= 0.6 is 0 Å². The standard InChI is InChI=1S/C40H47N5O6/c1-50-29-16-17-31-33(21-29)42-32(26-12-7-5-8-13-26)23-35(31)51-30-22-34-37(47)43-40(39(41)49)24-28(40)15-9-4-2-3-6-14-27(38(48)45(34)25-30)20-36(46)44-18-10-11-19-44/h5,7-9,12-13,15-17,21,23,27-28,30,34H,2-4,6,10-11,14,18-20,22,24-25H2,1H3,(H2,41,49)(H,43,47)/t27-,28-,30-,34+,40-/m1/s1. The molecular formula is C40H47N5O6. The fourth-order valence-corrected chi connectivity index (χ4v) is 7.97.